The van der Waals surface area contributed by atoms with Crippen LogP contribution in [0, 0.1) is 6.92 Å². The summed E-state index contributed by atoms with van der Waals surface area (Å²) >= 11 is 0. The van der Waals surface area contributed by atoms with Crippen LogP contribution in [0.15, 0.2) is 52.5 Å². The van der Waals surface area contributed by atoms with Gasteiger partial charge in [-0.15, -0.1) is 0 Å². The number of nitrogens with zero attached hydrogens (tertiary/aromatic N) is 1. The summed E-state index contributed by atoms with van der Waals surface area (Å²) in [5, 5.41) is 0.424. The first kappa shape index (κ1) is 17.9. The summed E-state index contributed by atoms with van der Waals surface area (Å²) in [6.45, 7) is 1.90. The average Bonchev–Trinajstić information content (AvgIpc) is 2.96. The molecule has 6 nitrogen and oxygen atoms in total. The SMILES string of the molecule is Cc1ccc(/C=C/S(=O)(=O)N2CC(S(=O)(=O)Cc3ccco3)C2)cc1. The molecule has 1 fully saturated rings. The number of rotatable bonds is 6. The van der Waals surface area contributed by atoms with Crippen molar-refractivity contribution in [3.05, 3.63) is 65.0 Å². The van der Waals surface area contributed by atoms with E-state index in [1.165, 1.54) is 16.6 Å². The fourth-order valence-corrected chi connectivity index (χ4v) is 5.55. The number of hydrogen-bond donors (Lipinski definition) is 0. The molecule has 0 N–H and O–H groups in total. The molecule has 3 rings (SSSR count). The molecule has 2 aromatic rings. The highest BCUT2D eigenvalue weighted by Gasteiger charge is 2.42. The van der Waals surface area contributed by atoms with Crippen molar-refractivity contribution in [2.45, 2.75) is 17.9 Å². The average molecular weight is 381 g/mol. The molecule has 8 heteroatoms. The number of hydrogen-bond acceptors (Lipinski definition) is 5. The maximum atomic E-state index is 12.3. The van der Waals surface area contributed by atoms with Gasteiger partial charge in [-0.05, 0) is 30.7 Å². The van der Waals surface area contributed by atoms with Gasteiger partial charge < -0.3 is 4.42 Å². The van der Waals surface area contributed by atoms with Crippen LogP contribution in [0.1, 0.15) is 16.9 Å². The normalized spacial score (nSPS) is 17.0. The van der Waals surface area contributed by atoms with Crippen LogP contribution in [0.3, 0.4) is 0 Å². The van der Waals surface area contributed by atoms with Crippen molar-refractivity contribution in [3.8, 4) is 0 Å². The lowest BCUT2D eigenvalue weighted by Crippen LogP contribution is -2.56. The smallest absolute Gasteiger partial charge is 0.236 e. The Balaban J connectivity index is 1.61. The van der Waals surface area contributed by atoms with Crippen molar-refractivity contribution in [3.63, 3.8) is 0 Å². The quantitative estimate of drug-likeness (QED) is 0.766. The number of benzene rings is 1. The van der Waals surface area contributed by atoms with E-state index in [-0.39, 0.29) is 18.8 Å². The molecule has 0 bridgehead atoms. The predicted molar refractivity (Wildman–Crippen MR) is 95.8 cm³/mol. The highest BCUT2D eigenvalue weighted by Crippen LogP contribution is 2.24. The minimum absolute atomic E-state index is 0.0242. The molecular weight excluding hydrogens is 362 g/mol. The van der Waals surface area contributed by atoms with Gasteiger partial charge >= 0.3 is 0 Å². The lowest BCUT2D eigenvalue weighted by Gasteiger charge is -2.36. The lowest BCUT2D eigenvalue weighted by molar-refractivity contribution is 0.313. The van der Waals surface area contributed by atoms with Crippen molar-refractivity contribution in [2.75, 3.05) is 13.1 Å². The van der Waals surface area contributed by atoms with Gasteiger partial charge in [0.1, 0.15) is 11.5 Å². The molecule has 0 saturated carbocycles. The van der Waals surface area contributed by atoms with Gasteiger partial charge in [0.2, 0.25) is 10.0 Å². The predicted octanol–water partition coefficient (Wildman–Crippen LogP) is 2.19. The zero-order valence-electron chi connectivity index (χ0n) is 13.7. The van der Waals surface area contributed by atoms with E-state index in [1.807, 2.05) is 31.2 Å². The summed E-state index contributed by atoms with van der Waals surface area (Å²) in [5.41, 5.74) is 1.86. The number of sulfonamides is 1. The van der Waals surface area contributed by atoms with E-state index >= 15 is 0 Å². The van der Waals surface area contributed by atoms with Crippen molar-refractivity contribution in [1.82, 2.24) is 4.31 Å². The zero-order valence-corrected chi connectivity index (χ0v) is 15.3. The molecule has 25 heavy (non-hydrogen) atoms. The largest absolute Gasteiger partial charge is 0.468 e. The first-order chi connectivity index (χ1) is 11.8. The molecule has 1 aliphatic heterocycles. The summed E-state index contributed by atoms with van der Waals surface area (Å²) in [4.78, 5) is 0. The second kappa shape index (κ2) is 6.78. The van der Waals surface area contributed by atoms with Gasteiger partial charge in [-0.25, -0.2) is 16.8 Å². The van der Waals surface area contributed by atoms with Gasteiger partial charge in [0, 0.05) is 18.5 Å². The van der Waals surface area contributed by atoms with Crippen LogP contribution in [0.4, 0.5) is 0 Å². The molecule has 1 saturated heterocycles. The van der Waals surface area contributed by atoms with E-state index in [1.54, 1.807) is 12.1 Å². The Morgan fingerprint density at radius 3 is 2.40 bits per heavy atom. The highest BCUT2D eigenvalue weighted by atomic mass is 32.2. The maximum Gasteiger partial charge on any atom is 0.236 e. The zero-order chi connectivity index (χ0) is 18.1. The van der Waals surface area contributed by atoms with E-state index in [9.17, 15) is 16.8 Å². The third-order valence-corrected chi connectivity index (χ3v) is 7.61. The molecular formula is C17H19NO5S2. The molecule has 1 aromatic heterocycles. The standard InChI is InChI=1S/C17H19NO5S2/c1-14-4-6-15(7-5-14)8-10-25(21,22)18-11-17(12-18)24(19,20)13-16-3-2-9-23-16/h2-10,17H,11-13H2,1H3/b10-8+. The topological polar surface area (TPSA) is 84.7 Å². The molecule has 0 radical (unpaired) electrons. The molecule has 0 spiro atoms. The van der Waals surface area contributed by atoms with Crippen LogP contribution < -0.4 is 0 Å². The minimum Gasteiger partial charge on any atom is -0.468 e. The van der Waals surface area contributed by atoms with Crippen LogP contribution in [0.25, 0.3) is 6.08 Å². The number of furan rings is 1. The Morgan fingerprint density at radius 2 is 1.80 bits per heavy atom. The molecule has 0 amide bonds. The van der Waals surface area contributed by atoms with Gasteiger partial charge in [-0.1, -0.05) is 29.8 Å². The second-order valence-electron chi connectivity index (χ2n) is 6.08. The van der Waals surface area contributed by atoms with Crippen LogP contribution in [-0.2, 0) is 25.6 Å². The minimum atomic E-state index is -3.62. The van der Waals surface area contributed by atoms with Crippen LogP contribution in [0.5, 0.6) is 0 Å². The van der Waals surface area contributed by atoms with Crippen molar-refractivity contribution in [1.29, 1.82) is 0 Å². The van der Waals surface area contributed by atoms with Crippen molar-refractivity contribution < 1.29 is 21.3 Å². The Hall–Kier alpha value is -1.90. The van der Waals surface area contributed by atoms with Crippen LogP contribution in [-0.4, -0.2) is 39.5 Å². The fraction of sp³-hybridized carbons (Fsp3) is 0.294. The first-order valence-corrected chi connectivity index (χ1v) is 11.0. The van der Waals surface area contributed by atoms with E-state index in [2.05, 4.69) is 0 Å². The summed E-state index contributed by atoms with van der Waals surface area (Å²) < 4.78 is 55.3. The van der Waals surface area contributed by atoms with Crippen LogP contribution in [0.2, 0.25) is 0 Å². The maximum absolute atomic E-state index is 12.3. The van der Waals surface area contributed by atoms with Crippen molar-refractivity contribution >= 4 is 25.9 Å². The van der Waals surface area contributed by atoms with Gasteiger partial charge in [0.25, 0.3) is 0 Å². The summed E-state index contributed by atoms with van der Waals surface area (Å²) in [5.74, 6) is 0.151. The Labute approximate surface area is 147 Å². The second-order valence-corrected chi connectivity index (χ2v) is 10.2. The Bertz CT molecular complexity index is 953. The van der Waals surface area contributed by atoms with Gasteiger partial charge in [0.15, 0.2) is 9.84 Å². The van der Waals surface area contributed by atoms with Gasteiger partial charge in [0.05, 0.1) is 11.5 Å². The number of sulfone groups is 1. The highest BCUT2D eigenvalue weighted by molar-refractivity contribution is 7.93. The fourth-order valence-electron chi connectivity index (χ4n) is 2.47. The third kappa shape index (κ3) is 4.20. The summed E-state index contributed by atoms with van der Waals surface area (Å²) in [7, 11) is -7.06. The van der Waals surface area contributed by atoms with E-state index in [0.29, 0.717) is 5.76 Å². The molecule has 1 aliphatic rings. The Kier molecular flexibility index (Phi) is 4.86. The molecule has 134 valence electrons. The number of aryl methyl sites for hydroxylation is 1. The molecule has 1 aromatic carbocycles. The molecule has 0 atom stereocenters. The van der Waals surface area contributed by atoms with Gasteiger partial charge in [-0.2, -0.15) is 4.31 Å². The molecule has 2 heterocycles. The third-order valence-electron chi connectivity index (χ3n) is 4.12. The molecule has 0 unspecified atom stereocenters. The first-order valence-electron chi connectivity index (χ1n) is 7.75. The molecule has 0 aliphatic carbocycles. The van der Waals surface area contributed by atoms with Crippen LogP contribution >= 0.6 is 0 Å². The monoisotopic (exact) mass is 381 g/mol. The summed E-state index contributed by atoms with van der Waals surface area (Å²) in [6, 6.07) is 10.7. The van der Waals surface area contributed by atoms with E-state index < -0.39 is 25.1 Å². The van der Waals surface area contributed by atoms with Crippen molar-refractivity contribution in [2.24, 2.45) is 0 Å². The summed E-state index contributed by atoms with van der Waals surface area (Å²) in [6.07, 6.45) is 2.93. The van der Waals surface area contributed by atoms with E-state index in [4.69, 9.17) is 4.42 Å². The Morgan fingerprint density at radius 1 is 1.12 bits per heavy atom. The lowest BCUT2D eigenvalue weighted by atomic mass is 10.2. The van der Waals surface area contributed by atoms with E-state index in [0.717, 1.165) is 16.5 Å². The van der Waals surface area contributed by atoms with Gasteiger partial charge in [-0.3, -0.25) is 0 Å².